The molecule has 1 fully saturated rings. The van der Waals surface area contributed by atoms with Crippen LogP contribution in [0.25, 0.3) is 0 Å². The first-order chi connectivity index (χ1) is 8.45. The van der Waals surface area contributed by atoms with Crippen LogP contribution in [-0.4, -0.2) is 35.3 Å². The average molecular weight is 249 g/mol. The molecule has 2 atom stereocenters. The van der Waals surface area contributed by atoms with Crippen molar-refractivity contribution >= 4 is 0 Å². The van der Waals surface area contributed by atoms with Crippen molar-refractivity contribution in [1.82, 2.24) is 4.90 Å². The van der Waals surface area contributed by atoms with E-state index in [1.54, 1.807) is 0 Å². The van der Waals surface area contributed by atoms with E-state index in [-0.39, 0.29) is 0 Å². The van der Waals surface area contributed by atoms with Crippen LogP contribution < -0.4 is 0 Å². The second-order valence-corrected chi connectivity index (χ2v) is 5.53. The lowest BCUT2D eigenvalue weighted by atomic mass is 10.0. The molecule has 18 heavy (non-hydrogen) atoms. The Balaban J connectivity index is 2.09. The molecule has 1 N–H and O–H groups in total. The zero-order valence-electron chi connectivity index (χ0n) is 11.7. The highest BCUT2D eigenvalue weighted by Gasteiger charge is 2.22. The summed E-state index contributed by atoms with van der Waals surface area (Å²) in [6.07, 6.45) is 0.598. The molecule has 100 valence electrons. The number of phenols is 1. The molecule has 1 heterocycles. The quantitative estimate of drug-likeness (QED) is 0.874. The van der Waals surface area contributed by atoms with Crippen LogP contribution in [0.4, 0.5) is 0 Å². The smallest absolute Gasteiger partial charge is 0.121 e. The van der Waals surface area contributed by atoms with Crippen molar-refractivity contribution in [3.8, 4) is 5.75 Å². The van der Waals surface area contributed by atoms with Gasteiger partial charge in [-0.1, -0.05) is 12.1 Å². The molecule has 0 amide bonds. The zero-order chi connectivity index (χ0) is 13.3. The summed E-state index contributed by atoms with van der Waals surface area (Å²) >= 11 is 0. The van der Waals surface area contributed by atoms with E-state index in [4.69, 9.17) is 4.74 Å². The topological polar surface area (TPSA) is 32.7 Å². The minimum Gasteiger partial charge on any atom is -0.507 e. The first kappa shape index (κ1) is 13.4. The van der Waals surface area contributed by atoms with Gasteiger partial charge in [-0.15, -0.1) is 0 Å². The SMILES string of the molecule is Cc1cc(CN2C[C@@H](C)O[C@H](C)C2)cc(C)c1O. The van der Waals surface area contributed by atoms with Crippen molar-refractivity contribution < 1.29 is 9.84 Å². The molecule has 0 aliphatic carbocycles. The molecular formula is C15H23NO2. The van der Waals surface area contributed by atoms with Crippen LogP contribution in [0, 0.1) is 13.8 Å². The normalized spacial score (nSPS) is 25.3. The van der Waals surface area contributed by atoms with E-state index < -0.39 is 0 Å². The van der Waals surface area contributed by atoms with Crippen LogP contribution >= 0.6 is 0 Å². The molecule has 0 radical (unpaired) electrons. The van der Waals surface area contributed by atoms with Gasteiger partial charge < -0.3 is 9.84 Å². The Hall–Kier alpha value is -1.06. The summed E-state index contributed by atoms with van der Waals surface area (Å²) in [5, 5.41) is 9.79. The summed E-state index contributed by atoms with van der Waals surface area (Å²) in [5.74, 6) is 0.419. The van der Waals surface area contributed by atoms with Gasteiger partial charge in [-0.3, -0.25) is 4.90 Å². The first-order valence-corrected chi connectivity index (χ1v) is 6.62. The maximum atomic E-state index is 9.79. The molecule has 0 aromatic heterocycles. The molecule has 0 spiro atoms. The number of hydrogen-bond donors (Lipinski definition) is 1. The van der Waals surface area contributed by atoms with E-state index >= 15 is 0 Å². The molecule has 3 nitrogen and oxygen atoms in total. The Morgan fingerprint density at radius 3 is 2.17 bits per heavy atom. The van der Waals surface area contributed by atoms with Gasteiger partial charge in [-0.25, -0.2) is 0 Å². The molecule has 1 saturated heterocycles. The van der Waals surface area contributed by atoms with Crippen LogP contribution in [0.2, 0.25) is 0 Å². The van der Waals surface area contributed by atoms with Crippen molar-refractivity contribution in [2.45, 2.75) is 46.4 Å². The van der Waals surface area contributed by atoms with E-state index in [0.29, 0.717) is 18.0 Å². The fourth-order valence-electron chi connectivity index (χ4n) is 2.81. The molecule has 1 aliphatic heterocycles. The van der Waals surface area contributed by atoms with Crippen molar-refractivity contribution in [3.63, 3.8) is 0 Å². The van der Waals surface area contributed by atoms with E-state index in [1.807, 2.05) is 13.8 Å². The number of aromatic hydroxyl groups is 1. The molecule has 2 rings (SSSR count). The monoisotopic (exact) mass is 249 g/mol. The van der Waals surface area contributed by atoms with Crippen LogP contribution in [0.5, 0.6) is 5.75 Å². The summed E-state index contributed by atoms with van der Waals surface area (Å²) in [7, 11) is 0. The summed E-state index contributed by atoms with van der Waals surface area (Å²) in [6, 6.07) is 4.15. The Bertz CT molecular complexity index is 397. The third-order valence-electron chi connectivity index (χ3n) is 3.45. The number of benzene rings is 1. The van der Waals surface area contributed by atoms with Gasteiger partial charge >= 0.3 is 0 Å². The molecular weight excluding hydrogens is 226 g/mol. The third kappa shape index (κ3) is 3.03. The lowest BCUT2D eigenvalue weighted by Gasteiger charge is -2.35. The minimum absolute atomic E-state index is 0.299. The number of phenolic OH excluding ortho intramolecular Hbond substituents is 1. The minimum atomic E-state index is 0.299. The van der Waals surface area contributed by atoms with Gasteiger partial charge in [0.05, 0.1) is 12.2 Å². The summed E-state index contributed by atoms with van der Waals surface area (Å²) in [6.45, 7) is 11.0. The number of ether oxygens (including phenoxy) is 1. The lowest BCUT2D eigenvalue weighted by Crippen LogP contribution is -2.44. The number of rotatable bonds is 2. The average Bonchev–Trinajstić information content (AvgIpc) is 2.24. The number of aryl methyl sites for hydroxylation is 2. The predicted octanol–water partition coefficient (Wildman–Crippen LogP) is 2.62. The third-order valence-corrected chi connectivity index (χ3v) is 3.45. The molecule has 3 heteroatoms. The van der Waals surface area contributed by atoms with E-state index in [1.165, 1.54) is 5.56 Å². The fraction of sp³-hybridized carbons (Fsp3) is 0.600. The van der Waals surface area contributed by atoms with Gasteiger partial charge in [0, 0.05) is 19.6 Å². The number of nitrogens with zero attached hydrogens (tertiary/aromatic N) is 1. The highest BCUT2D eigenvalue weighted by Crippen LogP contribution is 2.24. The van der Waals surface area contributed by atoms with Gasteiger partial charge in [0.1, 0.15) is 5.75 Å². The predicted molar refractivity (Wildman–Crippen MR) is 72.9 cm³/mol. The Kier molecular flexibility index (Phi) is 3.93. The largest absolute Gasteiger partial charge is 0.507 e. The van der Waals surface area contributed by atoms with Crippen molar-refractivity contribution in [1.29, 1.82) is 0 Å². The number of morpholine rings is 1. The Labute approximate surface area is 109 Å². The van der Waals surface area contributed by atoms with Gasteiger partial charge in [0.2, 0.25) is 0 Å². The fourth-order valence-corrected chi connectivity index (χ4v) is 2.81. The standard InChI is InChI=1S/C15H23NO2/c1-10-5-14(6-11(2)15(10)17)9-16-7-12(3)18-13(4)8-16/h5-6,12-13,17H,7-9H2,1-4H3/t12-,13-/m1/s1. The highest BCUT2D eigenvalue weighted by atomic mass is 16.5. The summed E-state index contributed by atoms with van der Waals surface area (Å²) < 4.78 is 5.74. The lowest BCUT2D eigenvalue weighted by molar-refractivity contribution is -0.0704. The van der Waals surface area contributed by atoms with Gasteiger partial charge in [0.15, 0.2) is 0 Å². The second-order valence-electron chi connectivity index (χ2n) is 5.53. The van der Waals surface area contributed by atoms with Crippen molar-refractivity contribution in [2.75, 3.05) is 13.1 Å². The first-order valence-electron chi connectivity index (χ1n) is 6.62. The highest BCUT2D eigenvalue weighted by molar-refractivity contribution is 5.42. The van der Waals surface area contributed by atoms with E-state index in [2.05, 4.69) is 30.9 Å². The van der Waals surface area contributed by atoms with Crippen LogP contribution in [0.1, 0.15) is 30.5 Å². The van der Waals surface area contributed by atoms with Gasteiger partial charge in [-0.2, -0.15) is 0 Å². The number of hydrogen-bond acceptors (Lipinski definition) is 3. The molecule has 1 aromatic rings. The van der Waals surface area contributed by atoms with Gasteiger partial charge in [0.25, 0.3) is 0 Å². The van der Waals surface area contributed by atoms with Crippen LogP contribution in [0.15, 0.2) is 12.1 Å². The maximum Gasteiger partial charge on any atom is 0.121 e. The second kappa shape index (κ2) is 5.29. The molecule has 0 unspecified atom stereocenters. The van der Waals surface area contributed by atoms with Crippen LogP contribution in [0.3, 0.4) is 0 Å². The van der Waals surface area contributed by atoms with Gasteiger partial charge in [-0.05, 0) is 44.4 Å². The molecule has 1 aromatic carbocycles. The molecule has 1 aliphatic rings. The Morgan fingerprint density at radius 1 is 1.17 bits per heavy atom. The zero-order valence-corrected chi connectivity index (χ0v) is 11.7. The summed E-state index contributed by atoms with van der Waals surface area (Å²) in [4.78, 5) is 2.42. The molecule has 0 bridgehead atoms. The summed E-state index contributed by atoms with van der Waals surface area (Å²) in [5.41, 5.74) is 3.18. The van der Waals surface area contributed by atoms with E-state index in [9.17, 15) is 5.11 Å². The van der Waals surface area contributed by atoms with Crippen molar-refractivity contribution in [2.24, 2.45) is 0 Å². The maximum absolute atomic E-state index is 9.79. The Morgan fingerprint density at radius 2 is 1.67 bits per heavy atom. The van der Waals surface area contributed by atoms with E-state index in [0.717, 1.165) is 30.8 Å². The van der Waals surface area contributed by atoms with Crippen LogP contribution in [-0.2, 0) is 11.3 Å². The van der Waals surface area contributed by atoms with Crippen molar-refractivity contribution in [3.05, 3.63) is 28.8 Å². The molecule has 0 saturated carbocycles.